The first-order valence-electron chi connectivity index (χ1n) is 6.45. The van der Waals surface area contributed by atoms with E-state index in [1.807, 2.05) is 6.07 Å². The number of piperazine rings is 1. The Morgan fingerprint density at radius 3 is 2.61 bits per heavy atom. The van der Waals surface area contributed by atoms with E-state index in [0.29, 0.717) is 0 Å². The number of rotatable bonds is 4. The second-order valence-corrected chi connectivity index (χ2v) is 5.78. The molecule has 1 aliphatic rings. The molecule has 2 rings (SSSR count). The number of likely N-dealkylation sites (N-methyl/N-ethyl adjacent to an activating group) is 1. The van der Waals surface area contributed by atoms with Crippen LogP contribution in [0.3, 0.4) is 0 Å². The van der Waals surface area contributed by atoms with E-state index in [9.17, 15) is 0 Å². The van der Waals surface area contributed by atoms with Crippen LogP contribution in [0.1, 0.15) is 5.56 Å². The molecule has 4 heteroatoms. The lowest BCUT2D eigenvalue weighted by Gasteiger charge is -2.32. The van der Waals surface area contributed by atoms with E-state index < -0.39 is 0 Å². The zero-order valence-corrected chi connectivity index (χ0v) is 12.7. The van der Waals surface area contributed by atoms with Crippen molar-refractivity contribution in [3.63, 3.8) is 0 Å². The second kappa shape index (κ2) is 6.55. The van der Waals surface area contributed by atoms with Crippen molar-refractivity contribution in [2.24, 2.45) is 0 Å². The van der Waals surface area contributed by atoms with Crippen molar-refractivity contribution in [1.29, 1.82) is 0 Å². The summed E-state index contributed by atoms with van der Waals surface area (Å²) in [5.74, 6) is 0.940. The number of nitrogens with zero attached hydrogens (tertiary/aromatic N) is 2. The Hall–Kier alpha value is -0.580. The molecule has 3 nitrogen and oxygen atoms in total. The Balaban J connectivity index is 1.75. The van der Waals surface area contributed by atoms with E-state index in [1.54, 1.807) is 0 Å². The maximum atomic E-state index is 5.82. The molecule has 0 atom stereocenters. The average molecular weight is 313 g/mol. The van der Waals surface area contributed by atoms with Gasteiger partial charge in [0.2, 0.25) is 0 Å². The van der Waals surface area contributed by atoms with E-state index in [-0.39, 0.29) is 0 Å². The normalized spacial score (nSPS) is 17.9. The van der Waals surface area contributed by atoms with Gasteiger partial charge in [-0.15, -0.1) is 0 Å². The van der Waals surface area contributed by atoms with Crippen LogP contribution in [0.25, 0.3) is 0 Å². The van der Waals surface area contributed by atoms with Gasteiger partial charge in [0.15, 0.2) is 0 Å². The van der Waals surface area contributed by atoms with E-state index in [0.717, 1.165) is 49.6 Å². The van der Waals surface area contributed by atoms with Crippen LogP contribution in [0.15, 0.2) is 22.7 Å². The quantitative estimate of drug-likeness (QED) is 0.849. The summed E-state index contributed by atoms with van der Waals surface area (Å²) in [6, 6.07) is 6.20. The molecule has 0 spiro atoms. The highest BCUT2D eigenvalue weighted by atomic mass is 79.9. The van der Waals surface area contributed by atoms with Crippen LogP contribution in [0.2, 0.25) is 0 Å². The topological polar surface area (TPSA) is 15.7 Å². The molecule has 1 aromatic rings. The predicted molar refractivity (Wildman–Crippen MR) is 78.3 cm³/mol. The molecule has 0 aliphatic carbocycles. The van der Waals surface area contributed by atoms with Gasteiger partial charge in [-0.1, -0.05) is 6.07 Å². The minimum Gasteiger partial charge on any atom is -0.491 e. The van der Waals surface area contributed by atoms with Crippen LogP contribution in [0.5, 0.6) is 5.75 Å². The van der Waals surface area contributed by atoms with Crippen LogP contribution in [-0.2, 0) is 0 Å². The third-order valence-corrected chi connectivity index (χ3v) is 3.97. The Morgan fingerprint density at radius 2 is 1.94 bits per heavy atom. The summed E-state index contributed by atoms with van der Waals surface area (Å²) in [7, 11) is 2.18. The summed E-state index contributed by atoms with van der Waals surface area (Å²) in [6.07, 6.45) is 0. The number of aryl methyl sites for hydroxylation is 1. The van der Waals surface area contributed by atoms with Crippen molar-refractivity contribution < 1.29 is 4.74 Å². The summed E-state index contributed by atoms with van der Waals surface area (Å²) >= 11 is 3.54. The van der Waals surface area contributed by atoms with Crippen molar-refractivity contribution in [3.8, 4) is 5.75 Å². The van der Waals surface area contributed by atoms with Crippen molar-refractivity contribution in [2.45, 2.75) is 6.92 Å². The predicted octanol–water partition coefficient (Wildman–Crippen LogP) is 2.38. The minimum absolute atomic E-state index is 0.755. The maximum Gasteiger partial charge on any atom is 0.133 e. The highest BCUT2D eigenvalue weighted by Gasteiger charge is 2.13. The number of ether oxygens (including phenoxy) is 1. The molecule has 0 saturated carbocycles. The minimum atomic E-state index is 0.755. The van der Waals surface area contributed by atoms with Gasteiger partial charge in [0, 0.05) is 32.7 Å². The summed E-state index contributed by atoms with van der Waals surface area (Å²) in [6.45, 7) is 8.46. The van der Waals surface area contributed by atoms with Crippen molar-refractivity contribution in [1.82, 2.24) is 9.80 Å². The number of halogens is 1. The molecule has 1 heterocycles. The van der Waals surface area contributed by atoms with Gasteiger partial charge in [-0.25, -0.2) is 0 Å². The summed E-state index contributed by atoms with van der Waals surface area (Å²) in [5, 5.41) is 0. The summed E-state index contributed by atoms with van der Waals surface area (Å²) in [5.41, 5.74) is 1.24. The lowest BCUT2D eigenvalue weighted by Crippen LogP contribution is -2.45. The third-order valence-electron chi connectivity index (χ3n) is 3.35. The largest absolute Gasteiger partial charge is 0.491 e. The van der Waals surface area contributed by atoms with Crippen LogP contribution in [0.4, 0.5) is 0 Å². The number of hydrogen-bond donors (Lipinski definition) is 0. The fourth-order valence-electron chi connectivity index (χ4n) is 2.08. The van der Waals surface area contributed by atoms with E-state index >= 15 is 0 Å². The van der Waals surface area contributed by atoms with Gasteiger partial charge < -0.3 is 9.64 Å². The van der Waals surface area contributed by atoms with Crippen molar-refractivity contribution in [2.75, 3.05) is 46.4 Å². The Morgan fingerprint density at radius 1 is 1.22 bits per heavy atom. The van der Waals surface area contributed by atoms with Crippen LogP contribution in [-0.4, -0.2) is 56.2 Å². The van der Waals surface area contributed by atoms with Gasteiger partial charge in [-0.05, 0) is 47.6 Å². The Kier molecular flexibility index (Phi) is 5.03. The molecule has 0 radical (unpaired) electrons. The van der Waals surface area contributed by atoms with Gasteiger partial charge in [-0.2, -0.15) is 0 Å². The van der Waals surface area contributed by atoms with Crippen LogP contribution < -0.4 is 4.74 Å². The fourth-order valence-corrected chi connectivity index (χ4v) is 2.69. The van der Waals surface area contributed by atoms with E-state index in [1.165, 1.54) is 5.56 Å². The summed E-state index contributed by atoms with van der Waals surface area (Å²) < 4.78 is 6.86. The first-order chi connectivity index (χ1) is 8.65. The first kappa shape index (κ1) is 13.8. The number of hydrogen-bond acceptors (Lipinski definition) is 3. The van der Waals surface area contributed by atoms with Crippen LogP contribution in [0, 0.1) is 6.92 Å². The molecule has 0 bridgehead atoms. The SMILES string of the molecule is Cc1ccc(OCCN2CCN(C)CC2)c(Br)c1. The van der Waals surface area contributed by atoms with E-state index in [2.05, 4.69) is 51.8 Å². The fraction of sp³-hybridized carbons (Fsp3) is 0.571. The highest BCUT2D eigenvalue weighted by Crippen LogP contribution is 2.25. The molecular weight excluding hydrogens is 292 g/mol. The monoisotopic (exact) mass is 312 g/mol. The van der Waals surface area contributed by atoms with Crippen LogP contribution >= 0.6 is 15.9 Å². The molecule has 1 saturated heterocycles. The molecule has 0 unspecified atom stereocenters. The molecule has 0 N–H and O–H groups in total. The lowest BCUT2D eigenvalue weighted by molar-refractivity contribution is 0.133. The lowest BCUT2D eigenvalue weighted by atomic mass is 10.2. The zero-order chi connectivity index (χ0) is 13.0. The number of benzene rings is 1. The first-order valence-corrected chi connectivity index (χ1v) is 7.24. The smallest absolute Gasteiger partial charge is 0.133 e. The average Bonchev–Trinajstić information content (AvgIpc) is 2.34. The Bertz CT molecular complexity index is 389. The second-order valence-electron chi connectivity index (χ2n) is 4.93. The van der Waals surface area contributed by atoms with Gasteiger partial charge in [0.25, 0.3) is 0 Å². The molecule has 18 heavy (non-hydrogen) atoms. The standard InChI is InChI=1S/C14H21BrN2O/c1-12-3-4-14(13(15)11-12)18-10-9-17-7-5-16(2)6-8-17/h3-4,11H,5-10H2,1-2H3. The molecule has 100 valence electrons. The van der Waals surface area contributed by atoms with Gasteiger partial charge in [0.05, 0.1) is 4.47 Å². The van der Waals surface area contributed by atoms with Gasteiger partial charge in [-0.3, -0.25) is 4.90 Å². The molecular formula is C14H21BrN2O. The molecule has 1 aliphatic heterocycles. The van der Waals surface area contributed by atoms with Crippen molar-refractivity contribution in [3.05, 3.63) is 28.2 Å². The molecule has 1 aromatic carbocycles. The van der Waals surface area contributed by atoms with Gasteiger partial charge in [0.1, 0.15) is 12.4 Å². The highest BCUT2D eigenvalue weighted by molar-refractivity contribution is 9.10. The zero-order valence-electron chi connectivity index (χ0n) is 11.2. The van der Waals surface area contributed by atoms with E-state index in [4.69, 9.17) is 4.74 Å². The third kappa shape index (κ3) is 3.97. The van der Waals surface area contributed by atoms with Crippen molar-refractivity contribution >= 4 is 15.9 Å². The molecule has 0 amide bonds. The summed E-state index contributed by atoms with van der Waals surface area (Å²) in [4.78, 5) is 4.83. The maximum absolute atomic E-state index is 5.82. The Labute approximate surface area is 118 Å². The van der Waals surface area contributed by atoms with Gasteiger partial charge >= 0.3 is 0 Å². The molecule has 0 aromatic heterocycles. The molecule has 1 fully saturated rings.